The molecular formula is C19H31N3O. The fourth-order valence-corrected chi connectivity index (χ4v) is 3.09. The van der Waals surface area contributed by atoms with Gasteiger partial charge >= 0.3 is 0 Å². The van der Waals surface area contributed by atoms with Crippen molar-refractivity contribution >= 4 is 5.96 Å². The monoisotopic (exact) mass is 317 g/mol. The first-order chi connectivity index (χ1) is 11.1. The molecule has 0 aromatic heterocycles. The summed E-state index contributed by atoms with van der Waals surface area (Å²) >= 11 is 0. The van der Waals surface area contributed by atoms with Crippen LogP contribution in [-0.4, -0.2) is 50.3 Å². The highest BCUT2D eigenvalue weighted by atomic mass is 16.5. The Kier molecular flexibility index (Phi) is 6.46. The summed E-state index contributed by atoms with van der Waals surface area (Å²) in [5.74, 6) is 1.00. The normalized spacial score (nSPS) is 17.4. The first-order valence-corrected chi connectivity index (χ1v) is 8.69. The molecule has 0 atom stereocenters. The summed E-state index contributed by atoms with van der Waals surface area (Å²) in [6.07, 6.45) is 2.57. The van der Waals surface area contributed by atoms with Crippen molar-refractivity contribution in [2.75, 3.05) is 33.3 Å². The Bertz CT molecular complexity index is 491. The summed E-state index contributed by atoms with van der Waals surface area (Å²) in [6.45, 7) is 10.3. The molecule has 1 aromatic rings. The smallest absolute Gasteiger partial charge is 0.193 e. The van der Waals surface area contributed by atoms with E-state index in [0.29, 0.717) is 6.10 Å². The quantitative estimate of drug-likeness (QED) is 0.670. The van der Waals surface area contributed by atoms with Crippen LogP contribution >= 0.6 is 0 Å². The molecule has 128 valence electrons. The minimum Gasteiger partial charge on any atom is -0.378 e. The van der Waals surface area contributed by atoms with Crippen LogP contribution in [0.15, 0.2) is 35.3 Å². The molecule has 1 saturated heterocycles. The minimum atomic E-state index is 0.0703. The number of hydrogen-bond acceptors (Lipinski definition) is 2. The number of guanidine groups is 1. The highest BCUT2D eigenvalue weighted by Gasteiger charge is 2.24. The van der Waals surface area contributed by atoms with Gasteiger partial charge in [0, 0.05) is 38.7 Å². The van der Waals surface area contributed by atoms with Crippen molar-refractivity contribution in [2.45, 2.75) is 45.1 Å². The van der Waals surface area contributed by atoms with E-state index >= 15 is 0 Å². The molecule has 4 nitrogen and oxygen atoms in total. The number of benzene rings is 1. The molecule has 1 aliphatic heterocycles. The van der Waals surface area contributed by atoms with E-state index in [4.69, 9.17) is 4.74 Å². The fourth-order valence-electron chi connectivity index (χ4n) is 3.09. The Hall–Kier alpha value is -1.55. The van der Waals surface area contributed by atoms with E-state index in [9.17, 15) is 0 Å². The molecule has 0 bridgehead atoms. The number of ether oxygens (including phenoxy) is 1. The lowest BCUT2D eigenvalue weighted by molar-refractivity contribution is 0.0263. The Morgan fingerprint density at radius 2 is 1.91 bits per heavy atom. The molecule has 0 amide bonds. The molecule has 1 N–H and O–H groups in total. The number of rotatable bonds is 5. The summed E-state index contributed by atoms with van der Waals surface area (Å²) in [5, 5.41) is 3.56. The van der Waals surface area contributed by atoms with Crippen molar-refractivity contribution in [1.82, 2.24) is 10.2 Å². The predicted octanol–water partition coefficient (Wildman–Crippen LogP) is 3.04. The van der Waals surface area contributed by atoms with Crippen molar-refractivity contribution < 1.29 is 4.74 Å². The Morgan fingerprint density at radius 1 is 1.26 bits per heavy atom. The summed E-state index contributed by atoms with van der Waals surface area (Å²) in [6, 6.07) is 10.7. The lowest BCUT2D eigenvalue weighted by Crippen LogP contribution is -2.49. The third-order valence-corrected chi connectivity index (χ3v) is 4.60. The summed E-state index contributed by atoms with van der Waals surface area (Å²) in [7, 11) is 1.87. The van der Waals surface area contributed by atoms with Gasteiger partial charge in [0.25, 0.3) is 0 Å². The Balaban J connectivity index is 1.88. The molecule has 2 rings (SSSR count). The standard InChI is InChI=1S/C19H31N3O/c1-5-23-17-11-13-22(14-12-17)18(20-4)21-15-19(2,3)16-9-7-6-8-10-16/h6-10,17H,5,11-15H2,1-4H3,(H,20,21). The summed E-state index contributed by atoms with van der Waals surface area (Å²) in [4.78, 5) is 6.81. The molecule has 1 aliphatic rings. The molecule has 0 unspecified atom stereocenters. The highest BCUT2D eigenvalue weighted by molar-refractivity contribution is 5.80. The summed E-state index contributed by atoms with van der Waals surface area (Å²) in [5.41, 5.74) is 1.42. The maximum Gasteiger partial charge on any atom is 0.193 e. The summed E-state index contributed by atoms with van der Waals surface area (Å²) < 4.78 is 5.73. The highest BCUT2D eigenvalue weighted by Crippen LogP contribution is 2.22. The topological polar surface area (TPSA) is 36.9 Å². The number of nitrogens with one attached hydrogen (secondary N) is 1. The van der Waals surface area contributed by atoms with Gasteiger partial charge in [-0.3, -0.25) is 4.99 Å². The molecule has 0 radical (unpaired) electrons. The second-order valence-corrected chi connectivity index (χ2v) is 6.79. The average molecular weight is 317 g/mol. The van der Waals surface area contributed by atoms with E-state index in [1.54, 1.807) is 0 Å². The second kappa shape index (κ2) is 8.34. The Morgan fingerprint density at radius 3 is 2.48 bits per heavy atom. The van der Waals surface area contributed by atoms with Gasteiger partial charge in [0.1, 0.15) is 0 Å². The number of piperidine rings is 1. The van der Waals surface area contributed by atoms with Crippen LogP contribution in [0.5, 0.6) is 0 Å². The minimum absolute atomic E-state index is 0.0703. The molecule has 4 heteroatoms. The van der Waals surface area contributed by atoms with Gasteiger partial charge in [0.15, 0.2) is 5.96 Å². The second-order valence-electron chi connectivity index (χ2n) is 6.79. The molecule has 0 spiro atoms. The predicted molar refractivity (Wildman–Crippen MR) is 97.1 cm³/mol. The lowest BCUT2D eigenvalue weighted by atomic mass is 9.85. The SMILES string of the molecule is CCOC1CCN(C(=NC)NCC(C)(C)c2ccccc2)CC1. The molecule has 0 aliphatic carbocycles. The van der Waals surface area contributed by atoms with E-state index in [2.05, 4.69) is 66.3 Å². The van der Waals surface area contributed by atoms with Crippen LogP contribution in [-0.2, 0) is 10.2 Å². The van der Waals surface area contributed by atoms with Gasteiger partial charge in [-0.2, -0.15) is 0 Å². The average Bonchev–Trinajstić information content (AvgIpc) is 2.58. The number of hydrogen-bond donors (Lipinski definition) is 1. The molecule has 1 aromatic carbocycles. The van der Waals surface area contributed by atoms with Crippen LogP contribution < -0.4 is 5.32 Å². The molecule has 1 fully saturated rings. The zero-order valence-corrected chi connectivity index (χ0v) is 15.0. The molecule has 1 heterocycles. The Labute approximate surface area is 140 Å². The molecule has 23 heavy (non-hydrogen) atoms. The van der Waals surface area contributed by atoms with Crippen molar-refractivity contribution in [1.29, 1.82) is 0 Å². The van der Waals surface area contributed by atoms with Gasteiger partial charge in [-0.1, -0.05) is 44.2 Å². The zero-order valence-electron chi connectivity index (χ0n) is 15.0. The first-order valence-electron chi connectivity index (χ1n) is 8.69. The third-order valence-electron chi connectivity index (χ3n) is 4.60. The van der Waals surface area contributed by atoms with Crippen LogP contribution in [0.1, 0.15) is 39.2 Å². The van der Waals surface area contributed by atoms with Crippen LogP contribution in [0.25, 0.3) is 0 Å². The van der Waals surface area contributed by atoms with Crippen molar-refractivity contribution in [3.05, 3.63) is 35.9 Å². The van der Waals surface area contributed by atoms with Crippen LogP contribution in [0.2, 0.25) is 0 Å². The lowest BCUT2D eigenvalue weighted by Gasteiger charge is -2.35. The van der Waals surface area contributed by atoms with Gasteiger partial charge in [0.2, 0.25) is 0 Å². The molecular weight excluding hydrogens is 286 g/mol. The van der Waals surface area contributed by atoms with E-state index in [0.717, 1.165) is 45.0 Å². The zero-order chi connectivity index (χ0) is 16.7. The van der Waals surface area contributed by atoms with Crippen molar-refractivity contribution in [3.8, 4) is 0 Å². The number of likely N-dealkylation sites (tertiary alicyclic amines) is 1. The third kappa shape index (κ3) is 4.96. The van der Waals surface area contributed by atoms with Gasteiger partial charge < -0.3 is 15.0 Å². The fraction of sp³-hybridized carbons (Fsp3) is 0.632. The molecule has 0 saturated carbocycles. The van der Waals surface area contributed by atoms with Crippen molar-refractivity contribution in [2.24, 2.45) is 4.99 Å². The van der Waals surface area contributed by atoms with E-state index in [1.165, 1.54) is 5.56 Å². The van der Waals surface area contributed by atoms with Crippen molar-refractivity contribution in [3.63, 3.8) is 0 Å². The van der Waals surface area contributed by atoms with E-state index < -0.39 is 0 Å². The van der Waals surface area contributed by atoms with Gasteiger partial charge in [0.05, 0.1) is 6.10 Å². The van der Waals surface area contributed by atoms with Crippen LogP contribution in [0.3, 0.4) is 0 Å². The van der Waals surface area contributed by atoms with Gasteiger partial charge in [-0.05, 0) is 25.3 Å². The largest absolute Gasteiger partial charge is 0.378 e. The van der Waals surface area contributed by atoms with E-state index in [1.807, 2.05) is 7.05 Å². The van der Waals surface area contributed by atoms with Gasteiger partial charge in [-0.15, -0.1) is 0 Å². The van der Waals surface area contributed by atoms with Crippen LogP contribution in [0.4, 0.5) is 0 Å². The van der Waals surface area contributed by atoms with Gasteiger partial charge in [-0.25, -0.2) is 0 Å². The number of aliphatic imine (C=N–C) groups is 1. The van der Waals surface area contributed by atoms with E-state index in [-0.39, 0.29) is 5.41 Å². The first kappa shape index (κ1) is 17.8. The van der Waals surface area contributed by atoms with Crippen LogP contribution in [0, 0.1) is 0 Å². The maximum absolute atomic E-state index is 5.73. The maximum atomic E-state index is 5.73. The number of nitrogens with zero attached hydrogens (tertiary/aromatic N) is 2.